The summed E-state index contributed by atoms with van der Waals surface area (Å²) in [5, 5.41) is 0. The highest BCUT2D eigenvalue weighted by Gasteiger charge is 1.97. The van der Waals surface area contributed by atoms with Crippen molar-refractivity contribution in [2.24, 2.45) is 5.73 Å². The number of terminal acetylenes is 1. The molecule has 1 atom stereocenters. The predicted octanol–water partition coefficient (Wildman–Crippen LogP) is 0.953. The van der Waals surface area contributed by atoms with Crippen LogP contribution in [0, 0.1) is 12.3 Å². The van der Waals surface area contributed by atoms with E-state index in [1.54, 1.807) is 6.20 Å². The van der Waals surface area contributed by atoms with Crippen LogP contribution in [0.4, 0.5) is 0 Å². The summed E-state index contributed by atoms with van der Waals surface area (Å²) in [4.78, 5) is 4.17. The van der Waals surface area contributed by atoms with Gasteiger partial charge in [0.15, 0.2) is 0 Å². The summed E-state index contributed by atoms with van der Waals surface area (Å²) < 4.78 is 0. The van der Waals surface area contributed by atoms with Gasteiger partial charge >= 0.3 is 0 Å². The standard InChI is InChI=1S/C10H12N2/c1-3-9-4-5-10(12-7-9)6-8(2)11/h1,4-5,7-8H,6,11H2,2H3. The number of nitrogens with zero attached hydrogens (tertiary/aromatic N) is 1. The Labute approximate surface area is 72.8 Å². The van der Waals surface area contributed by atoms with E-state index in [-0.39, 0.29) is 6.04 Å². The molecule has 0 aliphatic heterocycles. The molecule has 1 heterocycles. The molecule has 2 heteroatoms. The Bertz CT molecular complexity index is 280. The molecule has 0 saturated carbocycles. The second kappa shape index (κ2) is 3.89. The highest BCUT2D eigenvalue weighted by Crippen LogP contribution is 2.00. The lowest BCUT2D eigenvalue weighted by atomic mass is 10.1. The van der Waals surface area contributed by atoms with Gasteiger partial charge in [-0.25, -0.2) is 0 Å². The summed E-state index contributed by atoms with van der Waals surface area (Å²) in [6.07, 6.45) is 7.68. The fraction of sp³-hybridized carbons (Fsp3) is 0.300. The van der Waals surface area contributed by atoms with E-state index >= 15 is 0 Å². The van der Waals surface area contributed by atoms with Crippen molar-refractivity contribution in [2.75, 3.05) is 0 Å². The summed E-state index contributed by atoms with van der Waals surface area (Å²) >= 11 is 0. The molecule has 1 aromatic heterocycles. The Morgan fingerprint density at radius 1 is 1.67 bits per heavy atom. The Morgan fingerprint density at radius 3 is 2.83 bits per heavy atom. The average Bonchev–Trinajstić information content (AvgIpc) is 2.05. The Kier molecular flexibility index (Phi) is 2.84. The van der Waals surface area contributed by atoms with Crippen molar-refractivity contribution in [3.8, 4) is 12.3 Å². The number of hydrogen-bond donors (Lipinski definition) is 1. The van der Waals surface area contributed by atoms with Crippen LogP contribution in [0.15, 0.2) is 18.3 Å². The fourth-order valence-electron chi connectivity index (χ4n) is 0.961. The summed E-state index contributed by atoms with van der Waals surface area (Å²) in [5.41, 5.74) is 7.41. The molecular formula is C10H12N2. The molecule has 12 heavy (non-hydrogen) atoms. The van der Waals surface area contributed by atoms with Crippen molar-refractivity contribution in [1.82, 2.24) is 4.98 Å². The number of nitrogens with two attached hydrogens (primary N) is 1. The van der Waals surface area contributed by atoms with Crippen LogP contribution in [0.2, 0.25) is 0 Å². The van der Waals surface area contributed by atoms with E-state index in [0.29, 0.717) is 0 Å². The molecule has 0 amide bonds. The van der Waals surface area contributed by atoms with Gasteiger partial charge < -0.3 is 5.73 Å². The van der Waals surface area contributed by atoms with E-state index in [0.717, 1.165) is 17.7 Å². The third-order valence-electron chi connectivity index (χ3n) is 1.52. The number of rotatable bonds is 2. The van der Waals surface area contributed by atoms with Crippen LogP contribution in [0.1, 0.15) is 18.2 Å². The van der Waals surface area contributed by atoms with Gasteiger partial charge in [-0.3, -0.25) is 4.98 Å². The lowest BCUT2D eigenvalue weighted by Crippen LogP contribution is -2.18. The molecule has 2 N–H and O–H groups in total. The van der Waals surface area contributed by atoms with E-state index in [9.17, 15) is 0 Å². The van der Waals surface area contributed by atoms with Gasteiger partial charge in [-0.15, -0.1) is 6.42 Å². The van der Waals surface area contributed by atoms with Crippen molar-refractivity contribution >= 4 is 0 Å². The number of hydrogen-bond acceptors (Lipinski definition) is 2. The zero-order valence-electron chi connectivity index (χ0n) is 7.12. The second-order valence-electron chi connectivity index (χ2n) is 2.86. The molecule has 2 nitrogen and oxygen atoms in total. The second-order valence-corrected chi connectivity index (χ2v) is 2.86. The predicted molar refractivity (Wildman–Crippen MR) is 49.5 cm³/mol. The van der Waals surface area contributed by atoms with Crippen LogP contribution in [-0.4, -0.2) is 11.0 Å². The van der Waals surface area contributed by atoms with Crippen molar-refractivity contribution in [1.29, 1.82) is 0 Å². The maximum Gasteiger partial charge on any atom is 0.0427 e. The first-order chi connectivity index (χ1) is 5.72. The monoisotopic (exact) mass is 160 g/mol. The van der Waals surface area contributed by atoms with Crippen molar-refractivity contribution < 1.29 is 0 Å². The summed E-state index contributed by atoms with van der Waals surface area (Å²) in [7, 11) is 0. The molecule has 0 aliphatic carbocycles. The first kappa shape index (κ1) is 8.76. The van der Waals surface area contributed by atoms with Crippen LogP contribution < -0.4 is 5.73 Å². The minimum absolute atomic E-state index is 0.147. The van der Waals surface area contributed by atoms with Gasteiger partial charge in [0.2, 0.25) is 0 Å². The van der Waals surface area contributed by atoms with E-state index in [2.05, 4.69) is 10.9 Å². The molecule has 62 valence electrons. The number of aromatic nitrogens is 1. The highest BCUT2D eigenvalue weighted by atomic mass is 14.7. The molecule has 0 radical (unpaired) electrons. The molecular weight excluding hydrogens is 148 g/mol. The van der Waals surface area contributed by atoms with E-state index in [4.69, 9.17) is 12.2 Å². The topological polar surface area (TPSA) is 38.9 Å². The van der Waals surface area contributed by atoms with E-state index < -0.39 is 0 Å². The lowest BCUT2D eigenvalue weighted by molar-refractivity contribution is 0.722. The Morgan fingerprint density at radius 2 is 2.42 bits per heavy atom. The Balaban J connectivity index is 2.73. The van der Waals surface area contributed by atoms with Gasteiger partial charge in [-0.1, -0.05) is 5.92 Å². The normalized spacial score (nSPS) is 12.1. The van der Waals surface area contributed by atoms with Gasteiger partial charge in [-0.05, 0) is 19.1 Å². The molecule has 0 aromatic carbocycles. The third-order valence-corrected chi connectivity index (χ3v) is 1.52. The van der Waals surface area contributed by atoms with Crippen LogP contribution in [0.25, 0.3) is 0 Å². The van der Waals surface area contributed by atoms with Gasteiger partial charge in [0.25, 0.3) is 0 Å². The number of pyridine rings is 1. The first-order valence-electron chi connectivity index (χ1n) is 3.89. The minimum Gasteiger partial charge on any atom is -0.328 e. The summed E-state index contributed by atoms with van der Waals surface area (Å²) in [6.45, 7) is 1.96. The largest absolute Gasteiger partial charge is 0.328 e. The SMILES string of the molecule is C#Cc1ccc(CC(C)N)nc1. The van der Waals surface area contributed by atoms with Gasteiger partial charge in [0, 0.05) is 29.9 Å². The summed E-state index contributed by atoms with van der Waals surface area (Å²) in [6, 6.07) is 3.94. The smallest absolute Gasteiger partial charge is 0.0427 e. The molecule has 0 aliphatic rings. The summed E-state index contributed by atoms with van der Waals surface area (Å²) in [5.74, 6) is 2.51. The molecule has 1 aromatic rings. The lowest BCUT2D eigenvalue weighted by Gasteiger charge is -2.03. The quantitative estimate of drug-likeness (QED) is 0.654. The maximum absolute atomic E-state index is 5.61. The van der Waals surface area contributed by atoms with Crippen LogP contribution in [0.5, 0.6) is 0 Å². The van der Waals surface area contributed by atoms with Gasteiger partial charge in [0.1, 0.15) is 0 Å². The van der Waals surface area contributed by atoms with Crippen LogP contribution in [0.3, 0.4) is 0 Å². The zero-order valence-corrected chi connectivity index (χ0v) is 7.12. The van der Waals surface area contributed by atoms with Crippen molar-refractivity contribution in [3.63, 3.8) is 0 Å². The molecule has 0 fully saturated rings. The third kappa shape index (κ3) is 2.37. The molecule has 1 rings (SSSR count). The van der Waals surface area contributed by atoms with Crippen molar-refractivity contribution in [3.05, 3.63) is 29.6 Å². The van der Waals surface area contributed by atoms with E-state index in [1.165, 1.54) is 0 Å². The zero-order chi connectivity index (χ0) is 8.97. The molecule has 0 saturated heterocycles. The average molecular weight is 160 g/mol. The Hall–Kier alpha value is -1.33. The first-order valence-corrected chi connectivity index (χ1v) is 3.89. The molecule has 1 unspecified atom stereocenters. The van der Waals surface area contributed by atoms with Gasteiger partial charge in [-0.2, -0.15) is 0 Å². The van der Waals surface area contributed by atoms with Crippen LogP contribution >= 0.6 is 0 Å². The molecule has 0 bridgehead atoms. The maximum atomic E-state index is 5.61. The minimum atomic E-state index is 0.147. The van der Waals surface area contributed by atoms with Gasteiger partial charge in [0.05, 0.1) is 0 Å². The fourth-order valence-corrected chi connectivity index (χ4v) is 0.961. The van der Waals surface area contributed by atoms with E-state index in [1.807, 2.05) is 19.1 Å². The van der Waals surface area contributed by atoms with Crippen molar-refractivity contribution in [2.45, 2.75) is 19.4 Å². The highest BCUT2D eigenvalue weighted by molar-refractivity contribution is 5.29. The molecule has 0 spiro atoms. The van der Waals surface area contributed by atoms with Crippen LogP contribution in [-0.2, 0) is 6.42 Å².